The summed E-state index contributed by atoms with van der Waals surface area (Å²) in [6, 6.07) is 0. The third kappa shape index (κ3) is 2.90. The Labute approximate surface area is 107 Å². The molecule has 0 aromatic carbocycles. The number of aliphatic hydroxyl groups excluding tert-OH is 1. The van der Waals surface area contributed by atoms with Crippen LogP contribution in [-0.2, 0) is 16.6 Å². The van der Waals surface area contributed by atoms with Crippen LogP contribution in [0.25, 0.3) is 0 Å². The van der Waals surface area contributed by atoms with Gasteiger partial charge in [0.05, 0.1) is 6.20 Å². The van der Waals surface area contributed by atoms with Crippen molar-refractivity contribution in [2.24, 2.45) is 0 Å². The monoisotopic (exact) mass is 273 g/mol. The van der Waals surface area contributed by atoms with E-state index in [1.165, 1.54) is 10.5 Å². The van der Waals surface area contributed by atoms with Crippen LogP contribution in [0.1, 0.15) is 25.7 Å². The molecule has 0 amide bonds. The first-order valence-electron chi connectivity index (χ1n) is 6.28. The van der Waals surface area contributed by atoms with Crippen LogP contribution < -0.4 is 0 Å². The molecule has 0 atom stereocenters. The fourth-order valence-electron chi connectivity index (χ4n) is 2.09. The molecule has 0 spiro atoms. The van der Waals surface area contributed by atoms with Gasteiger partial charge in [-0.25, -0.2) is 8.42 Å². The molecule has 18 heavy (non-hydrogen) atoms. The first kappa shape index (κ1) is 13.5. The molecule has 1 aliphatic heterocycles. The van der Waals surface area contributed by atoms with Crippen molar-refractivity contribution in [1.29, 1.82) is 0 Å². The van der Waals surface area contributed by atoms with Gasteiger partial charge in [-0.15, -0.1) is 0 Å². The minimum atomic E-state index is -3.38. The maximum Gasteiger partial charge on any atom is 0.246 e. The minimum Gasteiger partial charge on any atom is -0.396 e. The molecule has 1 saturated heterocycles. The molecule has 2 rings (SSSR count). The summed E-state index contributed by atoms with van der Waals surface area (Å²) < 4.78 is 27.7. The standard InChI is InChI=1S/C11H19N3O3S/c15-8-4-5-13-10-11(9-12-13)18(16,17)14-6-2-1-3-7-14/h9-10,15H,1-8H2. The summed E-state index contributed by atoms with van der Waals surface area (Å²) >= 11 is 0. The third-order valence-electron chi connectivity index (χ3n) is 3.11. The second-order valence-corrected chi connectivity index (χ2v) is 6.42. The molecule has 1 N–H and O–H groups in total. The molecular formula is C11H19N3O3S. The van der Waals surface area contributed by atoms with Gasteiger partial charge in [0.1, 0.15) is 4.90 Å². The summed E-state index contributed by atoms with van der Waals surface area (Å²) in [5.41, 5.74) is 0. The van der Waals surface area contributed by atoms with Crippen molar-refractivity contribution in [3.05, 3.63) is 12.4 Å². The second-order valence-electron chi connectivity index (χ2n) is 4.48. The SMILES string of the molecule is O=S(=O)(c1cnn(CCCO)c1)N1CCCCC1. The lowest BCUT2D eigenvalue weighted by Crippen LogP contribution is -2.35. The molecule has 0 aliphatic carbocycles. The largest absolute Gasteiger partial charge is 0.396 e. The lowest BCUT2D eigenvalue weighted by atomic mass is 10.2. The average Bonchev–Trinajstić information content (AvgIpc) is 2.87. The van der Waals surface area contributed by atoms with E-state index < -0.39 is 10.0 Å². The molecule has 1 aromatic rings. The Morgan fingerprint density at radius 2 is 2.00 bits per heavy atom. The summed E-state index contributed by atoms with van der Waals surface area (Å²) in [5.74, 6) is 0. The normalized spacial score (nSPS) is 18.1. The molecular weight excluding hydrogens is 254 g/mol. The lowest BCUT2D eigenvalue weighted by molar-refractivity contribution is 0.277. The third-order valence-corrected chi connectivity index (χ3v) is 4.96. The van der Waals surface area contributed by atoms with Crippen LogP contribution in [0, 0.1) is 0 Å². The molecule has 0 saturated carbocycles. The summed E-state index contributed by atoms with van der Waals surface area (Å²) in [4.78, 5) is 0.252. The van der Waals surface area contributed by atoms with Gasteiger partial charge in [0, 0.05) is 32.4 Å². The maximum atomic E-state index is 12.3. The van der Waals surface area contributed by atoms with Crippen molar-refractivity contribution in [3.63, 3.8) is 0 Å². The van der Waals surface area contributed by atoms with E-state index in [2.05, 4.69) is 5.10 Å². The number of hydrogen-bond acceptors (Lipinski definition) is 4. The molecule has 0 radical (unpaired) electrons. The summed E-state index contributed by atoms with van der Waals surface area (Å²) in [5, 5.41) is 12.7. The first-order valence-corrected chi connectivity index (χ1v) is 7.72. The van der Waals surface area contributed by atoms with Crippen molar-refractivity contribution in [3.8, 4) is 0 Å². The number of aliphatic hydroxyl groups is 1. The van der Waals surface area contributed by atoms with Crippen LogP contribution in [0.3, 0.4) is 0 Å². The molecule has 6 nitrogen and oxygen atoms in total. The van der Waals surface area contributed by atoms with Gasteiger partial charge in [-0.3, -0.25) is 4.68 Å². The lowest BCUT2D eigenvalue weighted by Gasteiger charge is -2.25. The van der Waals surface area contributed by atoms with Crippen LogP contribution >= 0.6 is 0 Å². The highest BCUT2D eigenvalue weighted by Gasteiger charge is 2.26. The Morgan fingerprint density at radius 1 is 1.28 bits per heavy atom. The van der Waals surface area contributed by atoms with E-state index in [9.17, 15) is 8.42 Å². The Hall–Kier alpha value is -0.920. The van der Waals surface area contributed by atoms with E-state index in [-0.39, 0.29) is 11.5 Å². The number of sulfonamides is 1. The Kier molecular flexibility index (Phi) is 4.36. The van der Waals surface area contributed by atoms with Gasteiger partial charge in [-0.05, 0) is 19.3 Å². The highest BCUT2D eigenvalue weighted by Crippen LogP contribution is 2.19. The fourth-order valence-corrected chi connectivity index (χ4v) is 3.56. The van der Waals surface area contributed by atoms with E-state index in [1.54, 1.807) is 10.9 Å². The van der Waals surface area contributed by atoms with Gasteiger partial charge in [0.15, 0.2) is 0 Å². The summed E-state index contributed by atoms with van der Waals surface area (Å²) in [6.07, 6.45) is 6.46. The quantitative estimate of drug-likeness (QED) is 0.844. The second kappa shape index (κ2) is 5.81. The van der Waals surface area contributed by atoms with Crippen LogP contribution in [0.15, 0.2) is 17.3 Å². The number of aryl methyl sites for hydroxylation is 1. The number of aromatic nitrogens is 2. The predicted molar refractivity (Wildman–Crippen MR) is 66.5 cm³/mol. The van der Waals surface area contributed by atoms with Crippen molar-refractivity contribution in [2.75, 3.05) is 19.7 Å². The van der Waals surface area contributed by atoms with Gasteiger partial charge in [-0.2, -0.15) is 9.40 Å². The zero-order chi connectivity index (χ0) is 13.0. The number of hydrogen-bond donors (Lipinski definition) is 1. The molecule has 7 heteroatoms. The molecule has 0 unspecified atom stereocenters. The molecule has 1 aromatic heterocycles. The van der Waals surface area contributed by atoms with Crippen molar-refractivity contribution < 1.29 is 13.5 Å². The van der Waals surface area contributed by atoms with Crippen molar-refractivity contribution >= 4 is 10.0 Å². The molecule has 1 fully saturated rings. The predicted octanol–water partition coefficient (Wildman–Crippen LogP) is 0.440. The van der Waals surface area contributed by atoms with Crippen LogP contribution in [0.2, 0.25) is 0 Å². The highest BCUT2D eigenvalue weighted by atomic mass is 32.2. The number of piperidine rings is 1. The average molecular weight is 273 g/mol. The van der Waals surface area contributed by atoms with Crippen LogP contribution in [-0.4, -0.2) is 47.3 Å². The van der Waals surface area contributed by atoms with Crippen molar-refractivity contribution in [2.45, 2.75) is 37.1 Å². The topological polar surface area (TPSA) is 75.4 Å². The van der Waals surface area contributed by atoms with Gasteiger partial charge in [0.2, 0.25) is 10.0 Å². The van der Waals surface area contributed by atoms with E-state index in [4.69, 9.17) is 5.11 Å². The van der Waals surface area contributed by atoms with Crippen molar-refractivity contribution in [1.82, 2.24) is 14.1 Å². The van der Waals surface area contributed by atoms with E-state index in [0.717, 1.165) is 19.3 Å². The van der Waals surface area contributed by atoms with E-state index >= 15 is 0 Å². The van der Waals surface area contributed by atoms with E-state index in [0.29, 0.717) is 26.1 Å². The zero-order valence-corrected chi connectivity index (χ0v) is 11.1. The Bertz CT molecular complexity index is 477. The molecule has 2 heterocycles. The Balaban J connectivity index is 2.11. The van der Waals surface area contributed by atoms with Gasteiger partial charge in [0.25, 0.3) is 0 Å². The molecule has 1 aliphatic rings. The number of nitrogens with zero attached hydrogens (tertiary/aromatic N) is 3. The van der Waals surface area contributed by atoms with Gasteiger partial charge < -0.3 is 5.11 Å². The fraction of sp³-hybridized carbons (Fsp3) is 0.727. The smallest absolute Gasteiger partial charge is 0.246 e. The van der Waals surface area contributed by atoms with Crippen LogP contribution in [0.5, 0.6) is 0 Å². The minimum absolute atomic E-state index is 0.0774. The molecule has 102 valence electrons. The summed E-state index contributed by atoms with van der Waals surface area (Å²) in [6.45, 7) is 1.81. The van der Waals surface area contributed by atoms with Gasteiger partial charge in [-0.1, -0.05) is 6.42 Å². The van der Waals surface area contributed by atoms with E-state index in [1.807, 2.05) is 0 Å². The number of rotatable bonds is 5. The highest BCUT2D eigenvalue weighted by molar-refractivity contribution is 7.89. The zero-order valence-electron chi connectivity index (χ0n) is 10.3. The maximum absolute atomic E-state index is 12.3. The first-order chi connectivity index (χ1) is 8.64. The summed E-state index contributed by atoms with van der Waals surface area (Å²) in [7, 11) is -3.38. The van der Waals surface area contributed by atoms with Gasteiger partial charge >= 0.3 is 0 Å². The Morgan fingerprint density at radius 3 is 2.67 bits per heavy atom. The molecule has 0 bridgehead atoms. The van der Waals surface area contributed by atoms with Crippen LogP contribution in [0.4, 0.5) is 0 Å².